The van der Waals surface area contributed by atoms with Gasteiger partial charge in [-0.05, 0) is 86.8 Å². The lowest BCUT2D eigenvalue weighted by Crippen LogP contribution is -2.30. The minimum atomic E-state index is -0.482. The van der Waals surface area contributed by atoms with Crippen LogP contribution in [0.5, 0.6) is 0 Å². The molecule has 2 heterocycles. The van der Waals surface area contributed by atoms with E-state index in [-0.39, 0.29) is 12.5 Å². The van der Waals surface area contributed by atoms with Crippen molar-refractivity contribution in [3.05, 3.63) is 76.9 Å². The van der Waals surface area contributed by atoms with Crippen molar-refractivity contribution < 1.29 is 18.7 Å². The SMILES string of the molecule is O=C(COC(=O)c1c2c(nc3ccccc13)C(=Cc1ccco1)CCC2)NCCC1=CCCCC1. The van der Waals surface area contributed by atoms with E-state index in [0.29, 0.717) is 12.1 Å². The number of hydrogen-bond acceptors (Lipinski definition) is 5. The van der Waals surface area contributed by atoms with E-state index in [1.54, 1.807) is 6.26 Å². The third kappa shape index (κ3) is 5.37. The van der Waals surface area contributed by atoms with Crippen molar-refractivity contribution in [2.75, 3.05) is 13.2 Å². The van der Waals surface area contributed by atoms with Gasteiger partial charge in [0, 0.05) is 11.9 Å². The van der Waals surface area contributed by atoms with Crippen molar-refractivity contribution in [2.24, 2.45) is 0 Å². The summed E-state index contributed by atoms with van der Waals surface area (Å²) >= 11 is 0. The molecular formula is C29H30N2O4. The Bertz CT molecular complexity index is 1290. The molecule has 180 valence electrons. The van der Waals surface area contributed by atoms with Crippen LogP contribution in [-0.2, 0) is 16.0 Å². The molecule has 0 atom stereocenters. The van der Waals surface area contributed by atoms with Crippen LogP contribution in [0.3, 0.4) is 0 Å². The molecule has 0 bridgehead atoms. The number of para-hydroxylation sites is 1. The minimum Gasteiger partial charge on any atom is -0.465 e. The van der Waals surface area contributed by atoms with Gasteiger partial charge in [-0.15, -0.1) is 0 Å². The van der Waals surface area contributed by atoms with Gasteiger partial charge < -0.3 is 14.5 Å². The van der Waals surface area contributed by atoms with Crippen LogP contribution in [0.15, 0.2) is 58.7 Å². The van der Waals surface area contributed by atoms with Gasteiger partial charge in [-0.3, -0.25) is 4.79 Å². The van der Waals surface area contributed by atoms with Crippen molar-refractivity contribution >= 4 is 34.4 Å². The first-order chi connectivity index (χ1) is 17.2. The van der Waals surface area contributed by atoms with Gasteiger partial charge in [0.1, 0.15) is 5.76 Å². The molecule has 2 aromatic heterocycles. The normalized spacial score (nSPS) is 16.6. The predicted octanol–water partition coefficient (Wildman–Crippen LogP) is 5.87. The fourth-order valence-corrected chi connectivity index (χ4v) is 5.00. The molecule has 35 heavy (non-hydrogen) atoms. The second kappa shape index (κ2) is 10.7. The van der Waals surface area contributed by atoms with E-state index in [4.69, 9.17) is 14.1 Å². The largest absolute Gasteiger partial charge is 0.465 e. The molecule has 2 aliphatic rings. The lowest BCUT2D eigenvalue weighted by molar-refractivity contribution is -0.124. The van der Waals surface area contributed by atoms with Crippen molar-refractivity contribution in [3.8, 4) is 0 Å². The number of esters is 1. The summed E-state index contributed by atoms with van der Waals surface area (Å²) in [6, 6.07) is 11.3. The third-order valence-electron chi connectivity index (χ3n) is 6.72. The Hall–Kier alpha value is -3.67. The summed E-state index contributed by atoms with van der Waals surface area (Å²) < 4.78 is 11.0. The van der Waals surface area contributed by atoms with Gasteiger partial charge in [0.25, 0.3) is 5.91 Å². The highest BCUT2D eigenvalue weighted by atomic mass is 16.5. The molecule has 2 aliphatic carbocycles. The number of aromatic nitrogens is 1. The zero-order valence-corrected chi connectivity index (χ0v) is 19.8. The monoisotopic (exact) mass is 470 g/mol. The maximum Gasteiger partial charge on any atom is 0.339 e. The smallest absolute Gasteiger partial charge is 0.339 e. The Morgan fingerprint density at radius 1 is 1.06 bits per heavy atom. The average Bonchev–Trinajstić information content (AvgIpc) is 3.40. The lowest BCUT2D eigenvalue weighted by Gasteiger charge is -2.22. The van der Waals surface area contributed by atoms with Gasteiger partial charge in [0.05, 0.1) is 23.0 Å². The summed E-state index contributed by atoms with van der Waals surface area (Å²) in [5.74, 6) is -0.00257. The zero-order valence-electron chi connectivity index (χ0n) is 19.8. The summed E-state index contributed by atoms with van der Waals surface area (Å²) in [5, 5.41) is 3.63. The van der Waals surface area contributed by atoms with Gasteiger partial charge >= 0.3 is 5.97 Å². The number of nitrogens with one attached hydrogen (secondary N) is 1. The average molecular weight is 471 g/mol. The standard InChI is InChI=1S/C29H30N2O4/c32-26(30-16-15-20-8-2-1-3-9-20)19-35-29(33)27-23-12-4-5-14-25(23)31-28-21(10-6-13-24(27)28)18-22-11-7-17-34-22/h4-5,7-8,11-12,14,17-18H,1-3,6,9-10,13,15-16,19H2,(H,30,32). The first-order valence-corrected chi connectivity index (χ1v) is 12.5. The van der Waals surface area contributed by atoms with Crippen LogP contribution >= 0.6 is 0 Å². The summed E-state index contributed by atoms with van der Waals surface area (Å²) in [6.45, 7) is 0.273. The summed E-state index contributed by atoms with van der Waals surface area (Å²) in [7, 11) is 0. The summed E-state index contributed by atoms with van der Waals surface area (Å²) in [4.78, 5) is 30.6. The molecule has 0 unspecified atom stereocenters. The molecule has 0 radical (unpaired) electrons. The van der Waals surface area contributed by atoms with Crippen LogP contribution in [0, 0.1) is 0 Å². The van der Waals surface area contributed by atoms with Gasteiger partial charge in [0.15, 0.2) is 6.61 Å². The highest BCUT2D eigenvalue weighted by molar-refractivity contribution is 6.07. The molecular weight excluding hydrogens is 440 g/mol. The van der Waals surface area contributed by atoms with E-state index in [2.05, 4.69) is 11.4 Å². The van der Waals surface area contributed by atoms with Crippen molar-refractivity contribution in [1.29, 1.82) is 0 Å². The first kappa shape index (κ1) is 23.1. The highest BCUT2D eigenvalue weighted by Crippen LogP contribution is 2.36. The molecule has 0 spiro atoms. The number of ether oxygens (including phenoxy) is 1. The van der Waals surface area contributed by atoms with Crippen LogP contribution in [0.1, 0.15) is 72.3 Å². The fraction of sp³-hybridized carbons (Fsp3) is 0.345. The van der Waals surface area contributed by atoms with Gasteiger partial charge in [-0.2, -0.15) is 0 Å². The number of carbonyl (C=O) groups is 2. The van der Waals surface area contributed by atoms with E-state index in [1.165, 1.54) is 18.4 Å². The molecule has 0 fully saturated rings. The number of hydrogen-bond donors (Lipinski definition) is 1. The predicted molar refractivity (Wildman–Crippen MR) is 136 cm³/mol. The van der Waals surface area contributed by atoms with Crippen LogP contribution in [0.4, 0.5) is 0 Å². The van der Waals surface area contributed by atoms with Crippen LogP contribution in [-0.4, -0.2) is 30.0 Å². The first-order valence-electron chi connectivity index (χ1n) is 12.5. The Balaban J connectivity index is 1.34. The Kier molecular flexibility index (Phi) is 7.07. The summed E-state index contributed by atoms with van der Waals surface area (Å²) in [6.07, 6.45) is 14.0. The molecule has 1 aromatic carbocycles. The number of benzene rings is 1. The highest BCUT2D eigenvalue weighted by Gasteiger charge is 2.26. The van der Waals surface area contributed by atoms with E-state index >= 15 is 0 Å². The lowest BCUT2D eigenvalue weighted by atomic mass is 9.86. The Morgan fingerprint density at radius 2 is 1.97 bits per heavy atom. The van der Waals surface area contributed by atoms with E-state index in [1.807, 2.05) is 42.5 Å². The minimum absolute atomic E-state index is 0.277. The third-order valence-corrected chi connectivity index (χ3v) is 6.72. The maximum absolute atomic E-state index is 13.3. The topological polar surface area (TPSA) is 81.4 Å². The number of carbonyl (C=O) groups excluding carboxylic acids is 2. The molecule has 6 heteroatoms. The number of allylic oxidation sites excluding steroid dienone is 2. The Morgan fingerprint density at radius 3 is 2.80 bits per heavy atom. The van der Waals surface area contributed by atoms with Crippen LogP contribution in [0.25, 0.3) is 22.6 Å². The van der Waals surface area contributed by atoms with E-state index in [9.17, 15) is 9.59 Å². The van der Waals surface area contributed by atoms with Gasteiger partial charge in [0.2, 0.25) is 0 Å². The molecule has 1 amide bonds. The number of fused-ring (bicyclic) bond motifs is 2. The fourth-order valence-electron chi connectivity index (χ4n) is 5.00. The summed E-state index contributed by atoms with van der Waals surface area (Å²) in [5.41, 5.74) is 5.37. The van der Waals surface area contributed by atoms with E-state index < -0.39 is 5.97 Å². The molecule has 0 saturated carbocycles. The quantitative estimate of drug-likeness (QED) is 0.345. The number of furan rings is 1. The molecule has 0 saturated heterocycles. The maximum atomic E-state index is 13.3. The Labute approximate surface area is 205 Å². The van der Waals surface area contributed by atoms with E-state index in [0.717, 1.165) is 72.0 Å². The number of pyridine rings is 1. The second-order valence-corrected chi connectivity index (χ2v) is 9.15. The van der Waals surface area contributed by atoms with Gasteiger partial charge in [-0.25, -0.2) is 9.78 Å². The van der Waals surface area contributed by atoms with Crippen LogP contribution < -0.4 is 5.32 Å². The van der Waals surface area contributed by atoms with Crippen LogP contribution in [0.2, 0.25) is 0 Å². The molecule has 3 aromatic rings. The molecule has 1 N–H and O–H groups in total. The van der Waals surface area contributed by atoms with Crippen molar-refractivity contribution in [3.63, 3.8) is 0 Å². The van der Waals surface area contributed by atoms with Crippen molar-refractivity contribution in [1.82, 2.24) is 10.3 Å². The number of rotatable bonds is 7. The molecule has 6 nitrogen and oxygen atoms in total. The zero-order chi connectivity index (χ0) is 24.0. The van der Waals surface area contributed by atoms with Crippen molar-refractivity contribution in [2.45, 2.75) is 51.4 Å². The second-order valence-electron chi connectivity index (χ2n) is 9.15. The molecule has 5 rings (SSSR count). The number of amides is 1. The number of nitrogens with zero attached hydrogens (tertiary/aromatic N) is 1. The van der Waals surface area contributed by atoms with Gasteiger partial charge in [-0.1, -0.05) is 29.8 Å². The molecule has 0 aliphatic heterocycles.